The fourth-order valence-corrected chi connectivity index (χ4v) is 2.79. The van der Waals surface area contributed by atoms with Gasteiger partial charge in [0.2, 0.25) is 0 Å². The minimum Gasteiger partial charge on any atom is -0.496 e. The maximum Gasteiger partial charge on any atom is 0.124 e. The molecule has 1 N–H and O–H groups in total. The molecule has 0 aromatic heterocycles. The van der Waals surface area contributed by atoms with E-state index in [1.54, 1.807) is 7.11 Å². The molecule has 3 nitrogen and oxygen atoms in total. The van der Waals surface area contributed by atoms with Crippen LogP contribution >= 0.6 is 0 Å². The average molecular weight is 246 g/mol. The van der Waals surface area contributed by atoms with Crippen LogP contribution in [0.1, 0.15) is 31.2 Å². The molecule has 2 aliphatic rings. The molecule has 0 amide bonds. The summed E-state index contributed by atoms with van der Waals surface area (Å²) in [5.41, 5.74) is 2.69. The Kier molecular flexibility index (Phi) is 3.16. The van der Waals surface area contributed by atoms with Crippen LogP contribution < -0.4 is 15.0 Å². The number of piperazine rings is 1. The Labute approximate surface area is 109 Å². The van der Waals surface area contributed by atoms with Gasteiger partial charge in [-0.25, -0.2) is 0 Å². The molecule has 0 bridgehead atoms. The number of hydrogen-bond acceptors (Lipinski definition) is 3. The van der Waals surface area contributed by atoms with E-state index in [2.05, 4.69) is 35.3 Å². The second-order valence-corrected chi connectivity index (χ2v) is 5.50. The van der Waals surface area contributed by atoms with Crippen molar-refractivity contribution in [3.05, 3.63) is 23.8 Å². The van der Waals surface area contributed by atoms with E-state index < -0.39 is 0 Å². The highest BCUT2D eigenvalue weighted by Crippen LogP contribution is 2.45. The molecule has 3 rings (SSSR count). The molecule has 1 aromatic rings. The first kappa shape index (κ1) is 11.8. The van der Waals surface area contributed by atoms with Crippen LogP contribution in [0.3, 0.4) is 0 Å². The number of nitrogens with zero attached hydrogens (tertiary/aromatic N) is 1. The molecule has 1 atom stereocenters. The van der Waals surface area contributed by atoms with Crippen LogP contribution in [0.15, 0.2) is 18.2 Å². The van der Waals surface area contributed by atoms with E-state index in [9.17, 15) is 0 Å². The van der Waals surface area contributed by atoms with Gasteiger partial charge in [0.1, 0.15) is 5.75 Å². The van der Waals surface area contributed by atoms with Gasteiger partial charge in [-0.15, -0.1) is 0 Å². The fraction of sp³-hybridized carbons (Fsp3) is 0.600. The van der Waals surface area contributed by atoms with Crippen molar-refractivity contribution in [1.29, 1.82) is 0 Å². The molecule has 1 saturated heterocycles. The predicted molar refractivity (Wildman–Crippen MR) is 74.6 cm³/mol. The SMILES string of the molecule is COc1cc(N2CCNC(C)C2)ccc1C1CC1. The summed E-state index contributed by atoms with van der Waals surface area (Å²) in [6, 6.07) is 7.30. The van der Waals surface area contributed by atoms with Crippen molar-refractivity contribution in [2.75, 3.05) is 31.6 Å². The van der Waals surface area contributed by atoms with Gasteiger partial charge in [0.25, 0.3) is 0 Å². The molecule has 18 heavy (non-hydrogen) atoms. The van der Waals surface area contributed by atoms with Crippen LogP contribution in [0.4, 0.5) is 5.69 Å². The van der Waals surface area contributed by atoms with E-state index in [1.807, 2.05) is 0 Å². The summed E-state index contributed by atoms with van der Waals surface area (Å²) in [5.74, 6) is 1.82. The number of nitrogens with one attached hydrogen (secondary N) is 1. The highest BCUT2D eigenvalue weighted by molar-refractivity contribution is 5.55. The van der Waals surface area contributed by atoms with Crippen molar-refractivity contribution < 1.29 is 4.74 Å². The van der Waals surface area contributed by atoms with Gasteiger partial charge in [0.05, 0.1) is 7.11 Å². The second kappa shape index (κ2) is 4.81. The number of rotatable bonds is 3. The molecule has 3 heteroatoms. The third-order valence-electron chi connectivity index (χ3n) is 3.97. The lowest BCUT2D eigenvalue weighted by Gasteiger charge is -2.34. The summed E-state index contributed by atoms with van der Waals surface area (Å²) in [6.07, 6.45) is 2.64. The summed E-state index contributed by atoms with van der Waals surface area (Å²) in [4.78, 5) is 2.44. The molecular formula is C15H22N2O. The van der Waals surface area contributed by atoms with Gasteiger partial charge >= 0.3 is 0 Å². The topological polar surface area (TPSA) is 24.5 Å². The average Bonchev–Trinajstić information content (AvgIpc) is 3.22. The first-order chi connectivity index (χ1) is 8.78. The number of benzene rings is 1. The van der Waals surface area contributed by atoms with Crippen molar-refractivity contribution >= 4 is 5.69 Å². The van der Waals surface area contributed by atoms with E-state index >= 15 is 0 Å². The highest BCUT2D eigenvalue weighted by Gasteiger charge is 2.27. The number of anilines is 1. The molecule has 1 unspecified atom stereocenters. The fourth-order valence-electron chi connectivity index (χ4n) is 2.79. The van der Waals surface area contributed by atoms with Gasteiger partial charge in [-0.05, 0) is 37.3 Å². The largest absolute Gasteiger partial charge is 0.496 e. The quantitative estimate of drug-likeness (QED) is 0.886. The Morgan fingerprint density at radius 1 is 1.33 bits per heavy atom. The van der Waals surface area contributed by atoms with Crippen molar-refractivity contribution in [2.24, 2.45) is 0 Å². The zero-order valence-corrected chi connectivity index (χ0v) is 11.3. The molecule has 98 valence electrons. The first-order valence-electron chi connectivity index (χ1n) is 6.94. The van der Waals surface area contributed by atoms with Crippen LogP contribution in [0.5, 0.6) is 5.75 Å². The summed E-state index contributed by atoms with van der Waals surface area (Å²) in [5, 5.41) is 3.48. The maximum absolute atomic E-state index is 5.56. The molecule has 1 saturated carbocycles. The van der Waals surface area contributed by atoms with Crippen LogP contribution in [0, 0.1) is 0 Å². The Morgan fingerprint density at radius 2 is 2.17 bits per heavy atom. The van der Waals surface area contributed by atoms with Gasteiger partial charge in [-0.2, -0.15) is 0 Å². The minimum absolute atomic E-state index is 0.563. The first-order valence-corrected chi connectivity index (χ1v) is 6.94. The molecule has 1 aliphatic carbocycles. The number of methoxy groups -OCH3 is 1. The standard InChI is InChI=1S/C15H22N2O/c1-11-10-17(8-7-16-11)13-5-6-14(12-3-4-12)15(9-13)18-2/h5-6,9,11-12,16H,3-4,7-8,10H2,1-2H3. The molecule has 0 radical (unpaired) electrons. The summed E-state index contributed by atoms with van der Waals surface area (Å²) in [7, 11) is 1.78. The lowest BCUT2D eigenvalue weighted by molar-refractivity contribution is 0.409. The molecule has 1 heterocycles. The molecule has 0 spiro atoms. The summed E-state index contributed by atoms with van der Waals surface area (Å²) in [6.45, 7) is 5.46. The maximum atomic E-state index is 5.56. The highest BCUT2D eigenvalue weighted by atomic mass is 16.5. The third kappa shape index (κ3) is 2.32. The summed E-state index contributed by atoms with van der Waals surface area (Å²) >= 11 is 0. The van der Waals surface area contributed by atoms with Gasteiger partial charge < -0.3 is 15.0 Å². The number of hydrogen-bond donors (Lipinski definition) is 1. The smallest absolute Gasteiger partial charge is 0.124 e. The second-order valence-electron chi connectivity index (χ2n) is 5.50. The Balaban J connectivity index is 1.83. The van der Waals surface area contributed by atoms with Crippen molar-refractivity contribution in [3.63, 3.8) is 0 Å². The van der Waals surface area contributed by atoms with E-state index in [4.69, 9.17) is 4.74 Å². The Bertz CT molecular complexity index is 429. The lowest BCUT2D eigenvalue weighted by atomic mass is 10.1. The van der Waals surface area contributed by atoms with Crippen LogP contribution in [0.25, 0.3) is 0 Å². The van der Waals surface area contributed by atoms with Gasteiger partial charge in [0.15, 0.2) is 0 Å². The minimum atomic E-state index is 0.563. The zero-order valence-electron chi connectivity index (χ0n) is 11.3. The lowest BCUT2D eigenvalue weighted by Crippen LogP contribution is -2.49. The molecule has 1 aliphatic heterocycles. The van der Waals surface area contributed by atoms with Crippen LogP contribution in [-0.2, 0) is 0 Å². The van der Waals surface area contributed by atoms with Crippen molar-refractivity contribution in [3.8, 4) is 5.75 Å². The molecule has 2 fully saturated rings. The third-order valence-corrected chi connectivity index (χ3v) is 3.97. The van der Waals surface area contributed by atoms with Gasteiger partial charge in [-0.3, -0.25) is 0 Å². The Morgan fingerprint density at radius 3 is 2.83 bits per heavy atom. The normalized spacial score (nSPS) is 24.1. The van der Waals surface area contributed by atoms with E-state index in [1.165, 1.54) is 24.1 Å². The van der Waals surface area contributed by atoms with Crippen LogP contribution in [0.2, 0.25) is 0 Å². The van der Waals surface area contributed by atoms with E-state index in [0.717, 1.165) is 31.3 Å². The Hall–Kier alpha value is -1.22. The van der Waals surface area contributed by atoms with Crippen molar-refractivity contribution in [2.45, 2.75) is 31.7 Å². The molecule has 1 aromatic carbocycles. The zero-order chi connectivity index (χ0) is 12.5. The molecular weight excluding hydrogens is 224 g/mol. The van der Waals surface area contributed by atoms with Gasteiger partial charge in [0, 0.05) is 37.4 Å². The number of ether oxygens (including phenoxy) is 1. The van der Waals surface area contributed by atoms with E-state index in [-0.39, 0.29) is 0 Å². The van der Waals surface area contributed by atoms with Gasteiger partial charge in [-0.1, -0.05) is 6.07 Å². The monoisotopic (exact) mass is 246 g/mol. The summed E-state index contributed by atoms with van der Waals surface area (Å²) < 4.78 is 5.56. The van der Waals surface area contributed by atoms with E-state index in [0.29, 0.717) is 6.04 Å². The predicted octanol–water partition coefficient (Wildman–Crippen LogP) is 2.37. The van der Waals surface area contributed by atoms with Crippen molar-refractivity contribution in [1.82, 2.24) is 5.32 Å². The van der Waals surface area contributed by atoms with Crippen LogP contribution in [-0.4, -0.2) is 32.8 Å².